The van der Waals surface area contributed by atoms with Gasteiger partial charge in [-0.3, -0.25) is 0 Å². The van der Waals surface area contributed by atoms with E-state index in [4.69, 9.17) is 19.9 Å². The van der Waals surface area contributed by atoms with Crippen LogP contribution in [0.3, 0.4) is 0 Å². The third-order valence-electron chi connectivity index (χ3n) is 7.67. The predicted molar refractivity (Wildman–Crippen MR) is 155 cm³/mol. The van der Waals surface area contributed by atoms with E-state index in [1.165, 1.54) is 22.5 Å². The molecule has 3 N–H and O–H groups in total. The summed E-state index contributed by atoms with van der Waals surface area (Å²) in [5, 5.41) is 2.98. The Bertz CT molecular complexity index is 1180. The lowest BCUT2D eigenvalue weighted by Crippen LogP contribution is -2.40. The number of nitrogens with zero attached hydrogens (tertiary/aromatic N) is 2. The van der Waals surface area contributed by atoms with E-state index in [1.807, 2.05) is 32.9 Å². The summed E-state index contributed by atoms with van der Waals surface area (Å²) in [6.07, 6.45) is 4.22. The maximum Gasteiger partial charge on any atom is 0.407 e. The van der Waals surface area contributed by atoms with Gasteiger partial charge in [0.15, 0.2) is 0 Å². The van der Waals surface area contributed by atoms with Gasteiger partial charge in [0, 0.05) is 67.6 Å². The maximum atomic E-state index is 11.9. The van der Waals surface area contributed by atoms with Crippen LogP contribution >= 0.6 is 0 Å². The molecule has 2 saturated heterocycles. The first-order valence-electron chi connectivity index (χ1n) is 14.4. The monoisotopic (exact) mass is 536 g/mol. The van der Waals surface area contributed by atoms with Crippen LogP contribution in [0.25, 0.3) is 0 Å². The fourth-order valence-corrected chi connectivity index (χ4v) is 6.00. The average molecular weight is 537 g/mol. The Morgan fingerprint density at radius 1 is 0.897 bits per heavy atom. The van der Waals surface area contributed by atoms with Crippen molar-refractivity contribution in [2.75, 3.05) is 36.0 Å². The molecule has 212 valence electrons. The fourth-order valence-electron chi connectivity index (χ4n) is 6.00. The van der Waals surface area contributed by atoms with Crippen molar-refractivity contribution >= 4 is 17.5 Å². The molecule has 0 aliphatic carbocycles. The van der Waals surface area contributed by atoms with Gasteiger partial charge in [-0.05, 0) is 71.7 Å². The van der Waals surface area contributed by atoms with Crippen LogP contribution < -0.4 is 30.3 Å². The molecule has 2 aromatic rings. The summed E-state index contributed by atoms with van der Waals surface area (Å²) in [7, 11) is 0. The third-order valence-corrected chi connectivity index (χ3v) is 7.67. The number of carbonyl (C=O) groups excluding carboxylic acids is 1. The van der Waals surface area contributed by atoms with E-state index >= 15 is 0 Å². The molecule has 2 fully saturated rings. The Hall–Kier alpha value is -3.13. The average Bonchev–Trinajstić information content (AvgIpc) is 3.63. The van der Waals surface area contributed by atoms with Gasteiger partial charge >= 0.3 is 6.09 Å². The highest BCUT2D eigenvalue weighted by molar-refractivity contribution is 5.69. The van der Waals surface area contributed by atoms with E-state index in [0.29, 0.717) is 12.1 Å². The molecule has 4 aliphatic heterocycles. The lowest BCUT2D eigenvalue weighted by molar-refractivity contribution is 0.0509. The summed E-state index contributed by atoms with van der Waals surface area (Å²) < 4.78 is 17.0. The molecule has 8 nitrogen and oxygen atoms in total. The maximum absolute atomic E-state index is 11.9. The molecule has 0 bridgehead atoms. The summed E-state index contributed by atoms with van der Waals surface area (Å²) in [4.78, 5) is 16.6. The number of ether oxygens (including phenoxy) is 3. The topological polar surface area (TPSA) is 89.3 Å². The number of hydrogen-bond donors (Lipinski definition) is 2. The van der Waals surface area contributed by atoms with Crippen molar-refractivity contribution in [3.63, 3.8) is 0 Å². The molecular weight excluding hydrogens is 492 g/mol. The third kappa shape index (κ3) is 6.55. The van der Waals surface area contributed by atoms with Gasteiger partial charge in [0.1, 0.15) is 29.3 Å². The summed E-state index contributed by atoms with van der Waals surface area (Å²) >= 11 is 0. The first-order valence-corrected chi connectivity index (χ1v) is 14.4. The number of nitrogens with one attached hydrogen (secondary N) is 1. The molecule has 0 aromatic heterocycles. The number of carbonyl (C=O) groups is 1. The quantitative estimate of drug-likeness (QED) is 0.590. The summed E-state index contributed by atoms with van der Waals surface area (Å²) in [5.74, 6) is 2.06. The highest BCUT2D eigenvalue weighted by atomic mass is 16.6. The predicted octanol–water partition coefficient (Wildman–Crippen LogP) is 4.66. The van der Waals surface area contributed by atoms with Gasteiger partial charge in [0.25, 0.3) is 0 Å². The second-order valence-corrected chi connectivity index (χ2v) is 12.3. The van der Waals surface area contributed by atoms with Crippen LogP contribution in [0.5, 0.6) is 11.5 Å². The molecule has 2 unspecified atom stereocenters. The fraction of sp³-hybridized carbons (Fsp3) is 0.581. The molecule has 1 amide bonds. The normalized spacial score (nSPS) is 25.3. The van der Waals surface area contributed by atoms with Crippen molar-refractivity contribution < 1.29 is 19.0 Å². The van der Waals surface area contributed by atoms with E-state index in [9.17, 15) is 4.79 Å². The second kappa shape index (κ2) is 11.2. The van der Waals surface area contributed by atoms with Crippen LogP contribution in [-0.4, -0.2) is 62.2 Å². The van der Waals surface area contributed by atoms with Crippen LogP contribution in [-0.2, 0) is 17.6 Å². The zero-order valence-corrected chi connectivity index (χ0v) is 24.0. The van der Waals surface area contributed by atoms with E-state index < -0.39 is 5.60 Å². The summed E-state index contributed by atoms with van der Waals surface area (Å²) in [5.41, 5.74) is 10.7. The van der Waals surface area contributed by atoms with Gasteiger partial charge in [-0.2, -0.15) is 0 Å². The number of alkyl carbamates (subject to hydrolysis) is 1. The Labute approximate surface area is 232 Å². The number of nitrogens with two attached hydrogens (primary N) is 1. The number of rotatable bonds is 3. The largest absolute Gasteiger partial charge is 0.490 e. The van der Waals surface area contributed by atoms with Gasteiger partial charge in [0.2, 0.25) is 0 Å². The molecule has 4 aliphatic rings. The Morgan fingerprint density at radius 3 is 1.95 bits per heavy atom. The van der Waals surface area contributed by atoms with Crippen LogP contribution in [0.2, 0.25) is 0 Å². The van der Waals surface area contributed by atoms with E-state index in [0.717, 1.165) is 63.4 Å². The number of amides is 1. The number of anilines is 2. The number of benzene rings is 2. The van der Waals surface area contributed by atoms with E-state index in [-0.39, 0.29) is 18.2 Å². The van der Waals surface area contributed by atoms with Crippen molar-refractivity contribution in [2.45, 2.75) is 90.2 Å². The SMILES string of the molecule is CC1Cc2c(cccc2N2CC[C@H](N)C2)O1.CC1Cc2c(cccc2N2CC[C@H](NC(=O)OC(C)(C)C)C2)O1. The van der Waals surface area contributed by atoms with Gasteiger partial charge in [-0.1, -0.05) is 12.1 Å². The van der Waals surface area contributed by atoms with E-state index in [1.54, 1.807) is 0 Å². The lowest BCUT2D eigenvalue weighted by atomic mass is 10.1. The minimum absolute atomic E-state index is 0.125. The van der Waals surface area contributed by atoms with Crippen molar-refractivity contribution in [1.29, 1.82) is 0 Å². The molecule has 39 heavy (non-hydrogen) atoms. The zero-order chi connectivity index (χ0) is 27.7. The molecule has 4 atom stereocenters. The Balaban J connectivity index is 0.000000168. The standard InChI is InChI=1S/C18H26N2O3.C13H18N2O/c1-12-10-14-15(6-5-7-16(14)22-12)20-9-8-13(11-20)19-17(21)23-18(2,3)4;1-9-7-11-12(3-2-4-13(11)16-9)15-6-5-10(14)8-15/h5-7,12-13H,8-11H2,1-4H3,(H,19,21);2-4,9-10H,5-8,14H2,1H3/t12?,13-;9?,10-/m00/s1. The Kier molecular flexibility index (Phi) is 7.85. The van der Waals surface area contributed by atoms with Crippen molar-refractivity contribution in [1.82, 2.24) is 5.32 Å². The summed E-state index contributed by atoms with van der Waals surface area (Å²) in [6, 6.07) is 13.0. The van der Waals surface area contributed by atoms with Crippen molar-refractivity contribution in [3.05, 3.63) is 47.5 Å². The highest BCUT2D eigenvalue weighted by Crippen LogP contribution is 2.38. The van der Waals surface area contributed by atoms with Gasteiger partial charge < -0.3 is 35.1 Å². The Morgan fingerprint density at radius 2 is 1.44 bits per heavy atom. The summed E-state index contributed by atoms with van der Waals surface area (Å²) in [6.45, 7) is 13.7. The number of hydrogen-bond acceptors (Lipinski definition) is 7. The lowest BCUT2D eigenvalue weighted by Gasteiger charge is -2.23. The highest BCUT2D eigenvalue weighted by Gasteiger charge is 2.30. The molecule has 0 spiro atoms. The number of fused-ring (bicyclic) bond motifs is 2. The molecule has 0 radical (unpaired) electrons. The minimum Gasteiger partial charge on any atom is -0.490 e. The zero-order valence-electron chi connectivity index (χ0n) is 24.0. The molecular formula is C31H44N4O4. The van der Waals surface area contributed by atoms with Crippen molar-refractivity contribution in [2.24, 2.45) is 5.73 Å². The molecule has 2 aromatic carbocycles. The minimum atomic E-state index is -0.462. The van der Waals surface area contributed by atoms with Gasteiger partial charge in [-0.15, -0.1) is 0 Å². The second-order valence-electron chi connectivity index (χ2n) is 12.3. The first-order chi connectivity index (χ1) is 18.6. The first kappa shape index (κ1) is 27.4. The van der Waals surface area contributed by atoms with E-state index in [2.05, 4.69) is 53.2 Å². The van der Waals surface area contributed by atoms with Crippen LogP contribution in [0.15, 0.2) is 36.4 Å². The molecule has 8 heteroatoms. The molecule has 0 saturated carbocycles. The van der Waals surface area contributed by atoms with Crippen LogP contribution in [0, 0.1) is 0 Å². The molecule has 4 heterocycles. The molecule has 6 rings (SSSR count). The van der Waals surface area contributed by atoms with Crippen LogP contribution in [0.1, 0.15) is 58.6 Å². The van der Waals surface area contributed by atoms with Crippen LogP contribution in [0.4, 0.5) is 16.2 Å². The van der Waals surface area contributed by atoms with Crippen molar-refractivity contribution in [3.8, 4) is 11.5 Å². The smallest absolute Gasteiger partial charge is 0.407 e. The van der Waals surface area contributed by atoms with Gasteiger partial charge in [0.05, 0.1) is 6.04 Å². The van der Waals surface area contributed by atoms with Gasteiger partial charge in [-0.25, -0.2) is 4.79 Å².